The summed E-state index contributed by atoms with van der Waals surface area (Å²) in [6, 6.07) is 6.81. The molecule has 6 heteroatoms. The number of hydrogen-bond donors (Lipinski definition) is 1. The van der Waals surface area contributed by atoms with Gasteiger partial charge < -0.3 is 14.8 Å². The lowest BCUT2D eigenvalue weighted by Crippen LogP contribution is -2.41. The molecule has 0 atom stereocenters. The minimum atomic E-state index is -0.210. The molecule has 0 aliphatic carbocycles. The van der Waals surface area contributed by atoms with Crippen LogP contribution in [-0.2, 0) is 13.1 Å². The number of aromatic nitrogens is 2. The van der Waals surface area contributed by atoms with Crippen molar-refractivity contribution in [1.29, 1.82) is 0 Å². The molecule has 2 amide bonds. The number of nitrogens with zero attached hydrogens (tertiary/aromatic N) is 3. The van der Waals surface area contributed by atoms with Crippen LogP contribution >= 0.6 is 0 Å². The Hall–Kier alpha value is -2.63. The standard InChI is InChI=1S/C15H16N4O2/c1-11(20)12-4-2-3-5-13(12)17-15(21)19-9-8-18-7-6-16-14(18)10-19/h2-7H,8-10H2,1H3,(H,17,21). The third-order valence-electron chi connectivity index (χ3n) is 3.58. The van der Waals surface area contributed by atoms with Crippen LogP contribution in [0.25, 0.3) is 0 Å². The van der Waals surface area contributed by atoms with Gasteiger partial charge in [0.2, 0.25) is 0 Å². The number of anilines is 1. The van der Waals surface area contributed by atoms with Gasteiger partial charge in [0.25, 0.3) is 0 Å². The van der Waals surface area contributed by atoms with Crippen LogP contribution in [-0.4, -0.2) is 32.8 Å². The molecule has 1 aliphatic rings. The zero-order valence-corrected chi connectivity index (χ0v) is 11.7. The number of urea groups is 1. The highest BCUT2D eigenvalue weighted by atomic mass is 16.2. The van der Waals surface area contributed by atoms with Gasteiger partial charge in [0.05, 0.1) is 12.2 Å². The van der Waals surface area contributed by atoms with Gasteiger partial charge in [0.1, 0.15) is 5.82 Å². The monoisotopic (exact) mass is 284 g/mol. The summed E-state index contributed by atoms with van der Waals surface area (Å²) in [4.78, 5) is 29.8. The minimum absolute atomic E-state index is 0.0694. The highest BCUT2D eigenvalue weighted by Gasteiger charge is 2.22. The van der Waals surface area contributed by atoms with Gasteiger partial charge in [-0.15, -0.1) is 0 Å². The molecule has 0 bridgehead atoms. The Morgan fingerprint density at radius 2 is 2.05 bits per heavy atom. The average Bonchev–Trinajstić information content (AvgIpc) is 2.94. The number of carbonyl (C=O) groups is 2. The van der Waals surface area contributed by atoms with E-state index in [1.54, 1.807) is 35.4 Å². The lowest BCUT2D eigenvalue weighted by molar-refractivity contribution is 0.101. The summed E-state index contributed by atoms with van der Waals surface area (Å²) in [5.41, 5.74) is 1.06. The van der Waals surface area contributed by atoms with Crippen molar-refractivity contribution in [2.75, 3.05) is 11.9 Å². The number of amides is 2. The Morgan fingerprint density at radius 3 is 2.86 bits per heavy atom. The summed E-state index contributed by atoms with van der Waals surface area (Å²) in [5, 5.41) is 2.81. The summed E-state index contributed by atoms with van der Waals surface area (Å²) in [5.74, 6) is 0.802. The lowest BCUT2D eigenvalue weighted by Gasteiger charge is -2.28. The Kier molecular flexibility index (Phi) is 3.43. The van der Waals surface area contributed by atoms with E-state index in [1.165, 1.54) is 6.92 Å². The smallest absolute Gasteiger partial charge is 0.322 e. The minimum Gasteiger partial charge on any atom is -0.332 e. The first-order valence-corrected chi connectivity index (χ1v) is 6.81. The molecule has 0 saturated heterocycles. The first-order chi connectivity index (χ1) is 10.1. The first-order valence-electron chi connectivity index (χ1n) is 6.81. The molecule has 6 nitrogen and oxygen atoms in total. The summed E-state index contributed by atoms with van der Waals surface area (Å²) in [6.07, 6.45) is 3.65. The van der Waals surface area contributed by atoms with E-state index in [-0.39, 0.29) is 11.8 Å². The Morgan fingerprint density at radius 1 is 1.24 bits per heavy atom. The maximum absolute atomic E-state index is 12.3. The van der Waals surface area contributed by atoms with Crippen molar-refractivity contribution in [3.63, 3.8) is 0 Å². The third-order valence-corrected chi connectivity index (χ3v) is 3.58. The Balaban J connectivity index is 1.75. The topological polar surface area (TPSA) is 67.2 Å². The van der Waals surface area contributed by atoms with E-state index in [0.29, 0.717) is 24.3 Å². The zero-order valence-electron chi connectivity index (χ0n) is 11.7. The number of ketones is 1. The molecule has 0 spiro atoms. The van der Waals surface area contributed by atoms with Gasteiger partial charge in [-0.05, 0) is 19.1 Å². The number of benzene rings is 1. The average molecular weight is 284 g/mol. The van der Waals surface area contributed by atoms with Crippen molar-refractivity contribution in [2.45, 2.75) is 20.0 Å². The molecule has 1 aliphatic heterocycles. The van der Waals surface area contributed by atoms with Gasteiger partial charge >= 0.3 is 6.03 Å². The van der Waals surface area contributed by atoms with Crippen LogP contribution in [0.5, 0.6) is 0 Å². The Labute approximate surface area is 122 Å². The van der Waals surface area contributed by atoms with Crippen molar-refractivity contribution in [1.82, 2.24) is 14.5 Å². The number of hydrogen-bond acceptors (Lipinski definition) is 3. The summed E-state index contributed by atoms with van der Waals surface area (Å²) in [7, 11) is 0. The molecular formula is C15H16N4O2. The second kappa shape index (κ2) is 5.40. The Bertz CT molecular complexity index is 692. The van der Waals surface area contributed by atoms with Gasteiger partial charge in [-0.25, -0.2) is 9.78 Å². The largest absolute Gasteiger partial charge is 0.332 e. The quantitative estimate of drug-likeness (QED) is 0.859. The van der Waals surface area contributed by atoms with Crippen molar-refractivity contribution in [3.8, 4) is 0 Å². The van der Waals surface area contributed by atoms with Crippen LogP contribution < -0.4 is 5.32 Å². The van der Waals surface area contributed by atoms with Gasteiger partial charge in [-0.2, -0.15) is 0 Å². The van der Waals surface area contributed by atoms with Gasteiger partial charge in [-0.1, -0.05) is 12.1 Å². The first kappa shape index (κ1) is 13.4. The molecule has 0 fully saturated rings. The molecule has 2 heterocycles. The van der Waals surface area contributed by atoms with Crippen molar-refractivity contribution in [3.05, 3.63) is 48.0 Å². The van der Waals surface area contributed by atoms with Crippen LogP contribution in [0.15, 0.2) is 36.7 Å². The van der Waals surface area contributed by atoms with Gasteiger partial charge in [-0.3, -0.25) is 4.79 Å². The molecule has 0 saturated carbocycles. The highest BCUT2D eigenvalue weighted by Crippen LogP contribution is 2.17. The molecule has 0 unspecified atom stereocenters. The molecule has 21 heavy (non-hydrogen) atoms. The molecule has 1 aromatic heterocycles. The van der Waals surface area contributed by atoms with Crippen LogP contribution in [0.2, 0.25) is 0 Å². The molecule has 1 N–H and O–H groups in total. The van der Waals surface area contributed by atoms with E-state index in [1.807, 2.05) is 10.8 Å². The van der Waals surface area contributed by atoms with E-state index < -0.39 is 0 Å². The van der Waals surface area contributed by atoms with Crippen LogP contribution in [0.3, 0.4) is 0 Å². The summed E-state index contributed by atoms with van der Waals surface area (Å²) >= 11 is 0. The molecular weight excluding hydrogens is 268 g/mol. The van der Waals surface area contributed by atoms with E-state index in [0.717, 1.165) is 12.4 Å². The number of fused-ring (bicyclic) bond motifs is 1. The van der Waals surface area contributed by atoms with E-state index in [9.17, 15) is 9.59 Å². The maximum Gasteiger partial charge on any atom is 0.322 e. The fourth-order valence-electron chi connectivity index (χ4n) is 2.44. The predicted octanol–water partition coefficient (Wildman–Crippen LogP) is 2.13. The lowest BCUT2D eigenvalue weighted by atomic mass is 10.1. The SMILES string of the molecule is CC(=O)c1ccccc1NC(=O)N1CCn2ccnc2C1. The molecule has 108 valence electrons. The molecule has 2 aromatic rings. The number of para-hydroxylation sites is 1. The van der Waals surface area contributed by atoms with Crippen LogP contribution in [0.1, 0.15) is 23.1 Å². The summed E-state index contributed by atoms with van der Waals surface area (Å²) in [6.45, 7) is 3.32. The van der Waals surface area contributed by atoms with Crippen LogP contribution in [0, 0.1) is 0 Å². The van der Waals surface area contributed by atoms with Crippen molar-refractivity contribution >= 4 is 17.5 Å². The fourth-order valence-corrected chi connectivity index (χ4v) is 2.44. The highest BCUT2D eigenvalue weighted by molar-refractivity contribution is 6.03. The normalized spacial score (nSPS) is 13.7. The molecule has 0 radical (unpaired) electrons. The maximum atomic E-state index is 12.3. The van der Waals surface area contributed by atoms with Crippen molar-refractivity contribution < 1.29 is 9.59 Å². The van der Waals surface area contributed by atoms with Crippen LogP contribution in [0.4, 0.5) is 10.5 Å². The molecule has 1 aromatic carbocycles. The van der Waals surface area contributed by atoms with Gasteiger partial charge in [0, 0.05) is 31.0 Å². The van der Waals surface area contributed by atoms with Gasteiger partial charge in [0.15, 0.2) is 5.78 Å². The number of Topliss-reactive ketones (excluding diaryl/α,β-unsaturated/α-hetero) is 1. The number of imidazole rings is 1. The predicted molar refractivity (Wildman–Crippen MR) is 78.1 cm³/mol. The molecule has 3 rings (SSSR count). The van der Waals surface area contributed by atoms with E-state index in [4.69, 9.17) is 0 Å². The zero-order chi connectivity index (χ0) is 14.8. The van der Waals surface area contributed by atoms with E-state index in [2.05, 4.69) is 10.3 Å². The van der Waals surface area contributed by atoms with Crippen molar-refractivity contribution in [2.24, 2.45) is 0 Å². The number of rotatable bonds is 2. The number of carbonyl (C=O) groups excluding carboxylic acids is 2. The second-order valence-corrected chi connectivity index (χ2v) is 4.99. The number of nitrogens with one attached hydrogen (secondary N) is 1. The van der Waals surface area contributed by atoms with E-state index >= 15 is 0 Å². The summed E-state index contributed by atoms with van der Waals surface area (Å²) < 4.78 is 2.04. The fraction of sp³-hybridized carbons (Fsp3) is 0.267. The third kappa shape index (κ3) is 2.65. The second-order valence-electron chi connectivity index (χ2n) is 4.99.